The number of methoxy groups -OCH3 is 3. The molecule has 29 heavy (non-hydrogen) atoms. The first-order valence-electron chi connectivity index (χ1n) is 9.04. The van der Waals surface area contributed by atoms with E-state index < -0.39 is 11.8 Å². The molecule has 1 saturated heterocycles. The van der Waals surface area contributed by atoms with Gasteiger partial charge in [0.1, 0.15) is 5.92 Å². The molecule has 2 N–H and O–H groups in total. The van der Waals surface area contributed by atoms with Crippen LogP contribution in [-0.4, -0.2) is 45.9 Å². The van der Waals surface area contributed by atoms with Crippen LogP contribution in [0, 0.1) is 5.92 Å². The molecule has 0 unspecified atom stereocenters. The number of ether oxygens (including phenoxy) is 3. The largest absolute Gasteiger partial charge is 0.493 e. The summed E-state index contributed by atoms with van der Waals surface area (Å²) in [7, 11) is 4.55. The SMILES string of the molecule is COc1cc(C=NNC(=O)[C@@H]2C(=O)NC[C@@H]2c2ccccc2)cc(OC)c1OC. The van der Waals surface area contributed by atoms with E-state index in [1.807, 2.05) is 30.3 Å². The van der Waals surface area contributed by atoms with Crippen LogP contribution in [0.5, 0.6) is 17.2 Å². The predicted octanol–water partition coefficient (Wildman–Crippen LogP) is 1.69. The molecule has 0 aromatic heterocycles. The summed E-state index contributed by atoms with van der Waals surface area (Å²) in [4.78, 5) is 24.8. The van der Waals surface area contributed by atoms with Gasteiger partial charge in [-0.05, 0) is 17.7 Å². The molecule has 0 radical (unpaired) electrons. The topological polar surface area (TPSA) is 98.2 Å². The smallest absolute Gasteiger partial charge is 0.253 e. The number of carbonyl (C=O) groups excluding carboxylic acids is 2. The molecule has 2 aromatic carbocycles. The van der Waals surface area contributed by atoms with Crippen LogP contribution in [0.15, 0.2) is 47.6 Å². The van der Waals surface area contributed by atoms with Crippen LogP contribution in [0.2, 0.25) is 0 Å². The van der Waals surface area contributed by atoms with E-state index in [2.05, 4.69) is 15.8 Å². The molecule has 1 aliphatic rings. The first kappa shape index (κ1) is 20.2. The van der Waals surface area contributed by atoms with Crippen LogP contribution in [0.4, 0.5) is 0 Å². The molecular formula is C21H23N3O5. The molecule has 3 rings (SSSR count). The average molecular weight is 397 g/mol. The van der Waals surface area contributed by atoms with Crippen LogP contribution in [-0.2, 0) is 9.59 Å². The summed E-state index contributed by atoms with van der Waals surface area (Å²) < 4.78 is 15.9. The second-order valence-corrected chi connectivity index (χ2v) is 6.43. The van der Waals surface area contributed by atoms with Gasteiger partial charge < -0.3 is 19.5 Å². The number of nitrogens with one attached hydrogen (secondary N) is 2. The lowest BCUT2D eigenvalue weighted by molar-refractivity contribution is -0.133. The van der Waals surface area contributed by atoms with Crippen molar-refractivity contribution < 1.29 is 23.8 Å². The lowest BCUT2D eigenvalue weighted by atomic mass is 9.88. The summed E-state index contributed by atoms with van der Waals surface area (Å²) >= 11 is 0. The van der Waals surface area contributed by atoms with E-state index in [1.54, 1.807) is 12.1 Å². The fraction of sp³-hybridized carbons (Fsp3) is 0.286. The molecule has 0 bridgehead atoms. The zero-order valence-electron chi connectivity index (χ0n) is 16.5. The van der Waals surface area contributed by atoms with E-state index >= 15 is 0 Å². The summed E-state index contributed by atoms with van der Waals surface area (Å²) in [6.45, 7) is 0.414. The fourth-order valence-electron chi connectivity index (χ4n) is 3.35. The third-order valence-electron chi connectivity index (χ3n) is 4.77. The second-order valence-electron chi connectivity index (χ2n) is 6.43. The van der Waals surface area contributed by atoms with Crippen LogP contribution < -0.4 is 25.0 Å². The Morgan fingerprint density at radius 1 is 1.10 bits per heavy atom. The van der Waals surface area contributed by atoms with Crippen LogP contribution in [0.25, 0.3) is 0 Å². The van der Waals surface area contributed by atoms with Crippen LogP contribution in [0.1, 0.15) is 17.0 Å². The highest BCUT2D eigenvalue weighted by atomic mass is 16.5. The Bertz CT molecular complexity index is 889. The molecule has 8 heteroatoms. The van der Waals surface area contributed by atoms with Crippen molar-refractivity contribution in [1.29, 1.82) is 0 Å². The maximum atomic E-state index is 12.6. The van der Waals surface area contributed by atoms with Gasteiger partial charge in [0.15, 0.2) is 11.5 Å². The van der Waals surface area contributed by atoms with Crippen molar-refractivity contribution >= 4 is 18.0 Å². The van der Waals surface area contributed by atoms with Crippen LogP contribution in [0.3, 0.4) is 0 Å². The minimum Gasteiger partial charge on any atom is -0.493 e. The van der Waals surface area contributed by atoms with Crippen molar-refractivity contribution in [2.75, 3.05) is 27.9 Å². The van der Waals surface area contributed by atoms with Gasteiger partial charge in [0.05, 0.1) is 27.5 Å². The van der Waals surface area contributed by atoms with Gasteiger partial charge in [-0.2, -0.15) is 5.10 Å². The lowest BCUT2D eigenvalue weighted by Gasteiger charge is -2.15. The van der Waals surface area contributed by atoms with E-state index in [0.29, 0.717) is 29.4 Å². The normalized spacial score (nSPS) is 18.4. The van der Waals surface area contributed by atoms with Gasteiger partial charge in [-0.15, -0.1) is 0 Å². The fourth-order valence-corrected chi connectivity index (χ4v) is 3.35. The number of hydrogen-bond acceptors (Lipinski definition) is 6. The number of benzene rings is 2. The Hall–Kier alpha value is -3.55. The van der Waals surface area contributed by atoms with E-state index in [-0.39, 0.29) is 11.8 Å². The zero-order chi connectivity index (χ0) is 20.8. The highest BCUT2D eigenvalue weighted by molar-refractivity contribution is 6.03. The standard InChI is InChI=1S/C21H23N3O5/c1-27-16-9-13(10-17(28-2)19(16)29-3)11-23-24-21(26)18-15(12-22-20(18)25)14-7-5-4-6-8-14/h4-11,15,18H,12H2,1-3H3,(H,22,25)(H,24,26)/t15-,18+/m1/s1. The second kappa shape index (κ2) is 9.09. The number of carbonyl (C=O) groups is 2. The summed E-state index contributed by atoms with van der Waals surface area (Å²) in [5.41, 5.74) is 4.03. The Balaban J connectivity index is 1.74. The summed E-state index contributed by atoms with van der Waals surface area (Å²) in [6, 6.07) is 12.9. The van der Waals surface area contributed by atoms with Gasteiger partial charge in [-0.3, -0.25) is 9.59 Å². The van der Waals surface area contributed by atoms with Gasteiger partial charge in [0.25, 0.3) is 5.91 Å². The quantitative estimate of drug-likeness (QED) is 0.421. The predicted molar refractivity (Wildman–Crippen MR) is 108 cm³/mol. The molecule has 1 fully saturated rings. The van der Waals surface area contributed by atoms with Crippen molar-refractivity contribution in [2.24, 2.45) is 11.0 Å². The van der Waals surface area contributed by atoms with Crippen molar-refractivity contribution in [2.45, 2.75) is 5.92 Å². The van der Waals surface area contributed by atoms with Gasteiger partial charge in [-0.1, -0.05) is 30.3 Å². The van der Waals surface area contributed by atoms with Crippen molar-refractivity contribution in [3.63, 3.8) is 0 Å². The highest BCUT2D eigenvalue weighted by Gasteiger charge is 2.40. The van der Waals surface area contributed by atoms with E-state index in [4.69, 9.17) is 14.2 Å². The molecule has 0 spiro atoms. The molecule has 0 saturated carbocycles. The molecule has 152 valence electrons. The van der Waals surface area contributed by atoms with E-state index in [1.165, 1.54) is 27.5 Å². The number of amides is 2. The monoisotopic (exact) mass is 397 g/mol. The number of hydrazone groups is 1. The number of hydrogen-bond donors (Lipinski definition) is 2. The van der Waals surface area contributed by atoms with Crippen molar-refractivity contribution in [1.82, 2.24) is 10.7 Å². The number of nitrogens with zero attached hydrogens (tertiary/aromatic N) is 1. The van der Waals surface area contributed by atoms with Gasteiger partial charge in [-0.25, -0.2) is 5.43 Å². The maximum Gasteiger partial charge on any atom is 0.253 e. The third-order valence-corrected chi connectivity index (χ3v) is 4.77. The molecule has 1 heterocycles. The summed E-state index contributed by atoms with van der Waals surface area (Å²) in [5.74, 6) is -0.436. The van der Waals surface area contributed by atoms with E-state index in [0.717, 1.165) is 5.56 Å². The number of rotatable bonds is 7. The molecule has 8 nitrogen and oxygen atoms in total. The molecule has 1 aliphatic heterocycles. The molecule has 2 atom stereocenters. The minimum absolute atomic E-state index is 0.236. The van der Waals surface area contributed by atoms with Crippen LogP contribution >= 0.6 is 0 Å². The summed E-state index contributed by atoms with van der Waals surface area (Å²) in [5, 5.41) is 6.75. The Morgan fingerprint density at radius 2 is 1.76 bits per heavy atom. The Morgan fingerprint density at radius 3 is 2.34 bits per heavy atom. The first-order valence-corrected chi connectivity index (χ1v) is 9.04. The van der Waals surface area contributed by atoms with Crippen molar-refractivity contribution in [3.05, 3.63) is 53.6 Å². The third kappa shape index (κ3) is 4.31. The van der Waals surface area contributed by atoms with Gasteiger partial charge in [0.2, 0.25) is 11.7 Å². The average Bonchev–Trinajstić information content (AvgIpc) is 3.14. The van der Waals surface area contributed by atoms with Gasteiger partial charge in [0, 0.05) is 18.0 Å². The first-order chi connectivity index (χ1) is 14.1. The Labute approximate surface area is 168 Å². The lowest BCUT2D eigenvalue weighted by Crippen LogP contribution is -2.34. The summed E-state index contributed by atoms with van der Waals surface area (Å²) in [6.07, 6.45) is 1.45. The minimum atomic E-state index is -0.838. The molecule has 2 amide bonds. The molecular weight excluding hydrogens is 374 g/mol. The maximum absolute atomic E-state index is 12.6. The molecule has 2 aromatic rings. The highest BCUT2D eigenvalue weighted by Crippen LogP contribution is 2.37. The molecule has 0 aliphatic carbocycles. The van der Waals surface area contributed by atoms with Crippen molar-refractivity contribution in [3.8, 4) is 17.2 Å². The zero-order valence-corrected chi connectivity index (χ0v) is 16.5. The van der Waals surface area contributed by atoms with Gasteiger partial charge >= 0.3 is 0 Å². The Kier molecular flexibility index (Phi) is 6.33. The van der Waals surface area contributed by atoms with E-state index in [9.17, 15) is 9.59 Å².